The molecule has 0 amide bonds. The molecule has 7 nitrogen and oxygen atoms in total. The first kappa shape index (κ1) is 27.1. The molecule has 1 atom stereocenters. The zero-order valence-electron chi connectivity index (χ0n) is 13.5. The van der Waals surface area contributed by atoms with Gasteiger partial charge in [0, 0.05) is 0 Å². The molecule has 0 radical (unpaired) electrons. The van der Waals surface area contributed by atoms with E-state index in [-0.39, 0.29) is 0 Å². The highest BCUT2D eigenvalue weighted by atomic mass is 32.2. The zero-order valence-corrected chi connectivity index (χ0v) is 14.3. The number of rotatable bonds is 9. The highest BCUT2D eigenvalue weighted by Gasteiger charge is 2.59. The third-order valence-electron chi connectivity index (χ3n) is 2.80. The summed E-state index contributed by atoms with van der Waals surface area (Å²) in [6.45, 7) is -5.27. The van der Waals surface area contributed by atoms with Gasteiger partial charge in [0.25, 0.3) is 10.1 Å². The van der Waals surface area contributed by atoms with Crippen molar-refractivity contribution in [1.82, 2.24) is 0 Å². The molecule has 18 heteroatoms. The molecule has 0 aromatic carbocycles. The summed E-state index contributed by atoms with van der Waals surface area (Å²) in [5.74, 6) is -19.8. The maximum absolute atomic E-state index is 12.7. The molecule has 1 unspecified atom stereocenters. The van der Waals surface area contributed by atoms with Crippen LogP contribution in [0.3, 0.4) is 0 Å². The second kappa shape index (κ2) is 8.88. The Hall–Kier alpha value is -1.85. The topological polar surface area (TPSA) is 107 Å². The lowest BCUT2D eigenvalue weighted by Crippen LogP contribution is -2.43. The van der Waals surface area contributed by atoms with Gasteiger partial charge in [-0.1, -0.05) is 0 Å². The summed E-state index contributed by atoms with van der Waals surface area (Å²) in [5.41, 5.74) is 0. The molecular formula is C11H10F10O7S. The van der Waals surface area contributed by atoms with Gasteiger partial charge in [-0.05, 0) is 0 Å². The second-order valence-electron chi connectivity index (χ2n) is 5.32. The van der Waals surface area contributed by atoms with E-state index in [1.807, 2.05) is 0 Å². The predicted octanol–water partition coefficient (Wildman–Crippen LogP) is 2.36. The summed E-state index contributed by atoms with van der Waals surface area (Å²) < 4.78 is 159. The van der Waals surface area contributed by atoms with Crippen molar-refractivity contribution in [1.29, 1.82) is 0 Å². The van der Waals surface area contributed by atoms with E-state index in [1.165, 1.54) is 0 Å². The Balaban J connectivity index is 5.16. The Morgan fingerprint density at radius 2 is 1.17 bits per heavy atom. The number of ether oxygens (including phenoxy) is 2. The van der Waals surface area contributed by atoms with Crippen molar-refractivity contribution in [3.8, 4) is 0 Å². The van der Waals surface area contributed by atoms with Crippen LogP contribution in [0, 0.1) is 5.92 Å². The van der Waals surface area contributed by atoms with Gasteiger partial charge < -0.3 is 9.47 Å². The average Bonchev–Trinajstić information content (AvgIpc) is 2.46. The largest absolute Gasteiger partial charge is 0.459 e. The SMILES string of the molecule is O=C(CC(CS(=O)(=O)O)C(=O)OCC(F)(F)C(F)(F)F)OCC(F)(F)C(F)(F)F. The van der Waals surface area contributed by atoms with Crippen LogP contribution in [0.5, 0.6) is 0 Å². The molecule has 0 aromatic heterocycles. The van der Waals surface area contributed by atoms with Crippen LogP contribution in [0.1, 0.15) is 6.42 Å². The van der Waals surface area contributed by atoms with Crippen LogP contribution in [0.4, 0.5) is 43.9 Å². The maximum atomic E-state index is 12.7. The van der Waals surface area contributed by atoms with Crippen LogP contribution in [-0.4, -0.2) is 68.1 Å². The van der Waals surface area contributed by atoms with Gasteiger partial charge in [0.05, 0.1) is 18.1 Å². The summed E-state index contributed by atoms with van der Waals surface area (Å²) in [6.07, 6.45) is -14.0. The zero-order chi connectivity index (χ0) is 23.5. The van der Waals surface area contributed by atoms with E-state index in [2.05, 4.69) is 9.47 Å². The van der Waals surface area contributed by atoms with E-state index in [1.54, 1.807) is 0 Å². The fraction of sp³-hybridized carbons (Fsp3) is 0.818. The van der Waals surface area contributed by atoms with Gasteiger partial charge >= 0.3 is 36.1 Å². The van der Waals surface area contributed by atoms with Crippen molar-refractivity contribution in [3.63, 3.8) is 0 Å². The first-order valence-corrected chi connectivity index (χ1v) is 8.36. The van der Waals surface area contributed by atoms with Gasteiger partial charge in [-0.2, -0.15) is 52.3 Å². The third kappa shape index (κ3) is 9.01. The van der Waals surface area contributed by atoms with E-state index >= 15 is 0 Å². The smallest absolute Gasteiger partial charge is 0.456 e. The minimum absolute atomic E-state index is 1.70. The molecule has 0 aromatic rings. The Bertz CT molecular complexity index is 698. The first-order chi connectivity index (χ1) is 12.6. The molecule has 0 rings (SSSR count). The normalized spacial score (nSPS) is 15.0. The molecule has 0 saturated carbocycles. The molecule has 29 heavy (non-hydrogen) atoms. The van der Waals surface area contributed by atoms with Crippen LogP contribution in [0.2, 0.25) is 0 Å². The van der Waals surface area contributed by atoms with Crippen molar-refractivity contribution < 1.29 is 75.9 Å². The molecule has 0 spiro atoms. The fourth-order valence-electron chi connectivity index (χ4n) is 1.34. The number of carbonyl (C=O) groups excluding carboxylic acids is 2. The molecule has 1 N–H and O–H groups in total. The minimum atomic E-state index is -6.19. The summed E-state index contributed by atoms with van der Waals surface area (Å²) in [6, 6.07) is 0. The summed E-state index contributed by atoms with van der Waals surface area (Å²) >= 11 is 0. The molecule has 0 bridgehead atoms. The summed E-state index contributed by atoms with van der Waals surface area (Å²) in [7, 11) is -5.21. The number of hydrogen-bond acceptors (Lipinski definition) is 6. The average molecular weight is 476 g/mol. The van der Waals surface area contributed by atoms with Crippen molar-refractivity contribution in [3.05, 3.63) is 0 Å². The lowest BCUT2D eigenvalue weighted by atomic mass is 10.1. The molecular weight excluding hydrogens is 466 g/mol. The number of carbonyl (C=O) groups is 2. The van der Waals surface area contributed by atoms with E-state index < -0.39 is 77.6 Å². The van der Waals surface area contributed by atoms with Crippen LogP contribution in [-0.2, 0) is 29.2 Å². The lowest BCUT2D eigenvalue weighted by Gasteiger charge is -2.21. The van der Waals surface area contributed by atoms with Gasteiger partial charge in [0.1, 0.15) is 0 Å². The van der Waals surface area contributed by atoms with Crippen LogP contribution in [0.15, 0.2) is 0 Å². The Morgan fingerprint density at radius 1 is 0.793 bits per heavy atom. The predicted molar refractivity (Wildman–Crippen MR) is 68.4 cm³/mol. The van der Waals surface area contributed by atoms with E-state index in [0.717, 1.165) is 0 Å². The molecule has 0 heterocycles. The third-order valence-corrected chi connectivity index (χ3v) is 3.62. The van der Waals surface area contributed by atoms with Crippen molar-refractivity contribution in [2.75, 3.05) is 19.0 Å². The van der Waals surface area contributed by atoms with Gasteiger partial charge in [-0.25, -0.2) is 0 Å². The fourth-order valence-corrected chi connectivity index (χ4v) is 2.10. The maximum Gasteiger partial charge on any atom is 0.456 e. The van der Waals surface area contributed by atoms with E-state index in [4.69, 9.17) is 4.55 Å². The Labute approximate surface area is 154 Å². The van der Waals surface area contributed by atoms with Crippen molar-refractivity contribution in [2.24, 2.45) is 5.92 Å². The van der Waals surface area contributed by atoms with Crippen LogP contribution in [0.25, 0.3) is 0 Å². The molecule has 0 fully saturated rings. The standard InChI is InChI=1S/C11H10F10O7S/c12-8(13,10(16,17)18)3-27-6(22)1-5(2-29(24,25)26)7(23)28-4-9(14,15)11(19,20)21/h5H,1-4H2,(H,24,25,26). The highest BCUT2D eigenvalue weighted by Crippen LogP contribution is 2.36. The Morgan fingerprint density at radius 3 is 1.52 bits per heavy atom. The number of alkyl halides is 10. The van der Waals surface area contributed by atoms with Crippen molar-refractivity contribution in [2.45, 2.75) is 30.6 Å². The van der Waals surface area contributed by atoms with E-state index in [0.29, 0.717) is 0 Å². The van der Waals surface area contributed by atoms with Crippen LogP contribution >= 0.6 is 0 Å². The molecule has 0 aliphatic carbocycles. The van der Waals surface area contributed by atoms with Crippen molar-refractivity contribution >= 4 is 22.1 Å². The first-order valence-electron chi connectivity index (χ1n) is 6.75. The molecule has 0 saturated heterocycles. The summed E-state index contributed by atoms with van der Waals surface area (Å²) in [5, 5.41) is 0. The number of esters is 2. The van der Waals surface area contributed by atoms with E-state index in [9.17, 15) is 61.9 Å². The molecule has 0 aliphatic rings. The minimum Gasteiger partial charge on any atom is -0.459 e. The quantitative estimate of drug-likeness (QED) is 0.309. The van der Waals surface area contributed by atoms with Crippen LogP contribution < -0.4 is 0 Å². The van der Waals surface area contributed by atoms with Gasteiger partial charge in [-0.15, -0.1) is 0 Å². The molecule has 0 aliphatic heterocycles. The number of halogens is 10. The van der Waals surface area contributed by atoms with Gasteiger partial charge in [-0.3, -0.25) is 14.1 Å². The Kier molecular flexibility index (Phi) is 8.32. The highest BCUT2D eigenvalue weighted by molar-refractivity contribution is 7.85. The van der Waals surface area contributed by atoms with Gasteiger partial charge in [0.15, 0.2) is 13.2 Å². The lowest BCUT2D eigenvalue weighted by molar-refractivity contribution is -0.295. The monoisotopic (exact) mass is 476 g/mol. The second-order valence-corrected chi connectivity index (χ2v) is 6.82. The molecule has 172 valence electrons. The number of hydrogen-bond donors (Lipinski definition) is 1. The summed E-state index contributed by atoms with van der Waals surface area (Å²) in [4.78, 5) is 22.7. The van der Waals surface area contributed by atoms with Gasteiger partial charge in [0.2, 0.25) is 0 Å².